The molecular weight excluding hydrogens is 442 g/mol. The van der Waals surface area contributed by atoms with Gasteiger partial charge >= 0.3 is 5.97 Å². The number of nitrogens with one attached hydrogen (secondary N) is 1. The van der Waals surface area contributed by atoms with Crippen molar-refractivity contribution in [2.24, 2.45) is 10.9 Å². The second-order valence-electron chi connectivity index (χ2n) is 8.15. The summed E-state index contributed by atoms with van der Waals surface area (Å²) in [6.07, 6.45) is 2.54. The Kier molecular flexibility index (Phi) is 6.97. The first kappa shape index (κ1) is 23.2. The van der Waals surface area contributed by atoms with E-state index in [2.05, 4.69) is 10.3 Å². The maximum absolute atomic E-state index is 13.1. The van der Waals surface area contributed by atoms with Crippen molar-refractivity contribution in [1.29, 1.82) is 0 Å². The highest BCUT2D eigenvalue weighted by molar-refractivity contribution is 8.16. The number of ether oxygens (including phenoxy) is 3. The molecule has 4 rings (SSSR count). The molecule has 2 heterocycles. The maximum atomic E-state index is 13.1. The number of nitrogens with zero attached hydrogens (tertiary/aromatic N) is 2. The summed E-state index contributed by atoms with van der Waals surface area (Å²) >= 11 is 1.44. The number of aliphatic imine (C=N–C) groups is 1. The van der Waals surface area contributed by atoms with Gasteiger partial charge in [-0.1, -0.05) is 11.8 Å². The normalized spacial score (nSPS) is 19.5. The molecule has 0 unspecified atom stereocenters. The van der Waals surface area contributed by atoms with Crippen molar-refractivity contribution >= 4 is 28.8 Å². The van der Waals surface area contributed by atoms with Crippen molar-refractivity contribution in [2.45, 2.75) is 39.2 Å². The maximum Gasteiger partial charge on any atom is 0.338 e. The minimum Gasteiger partial charge on any atom is -0.497 e. The van der Waals surface area contributed by atoms with E-state index in [9.17, 15) is 9.59 Å². The first-order valence-electron chi connectivity index (χ1n) is 11.1. The molecule has 9 heteroatoms. The molecule has 0 saturated heterocycles. The number of rotatable bonds is 9. The lowest BCUT2D eigenvalue weighted by atomic mass is 9.92. The average Bonchev–Trinajstić information content (AvgIpc) is 3.57. The molecule has 8 nitrogen and oxygen atoms in total. The van der Waals surface area contributed by atoms with E-state index in [1.165, 1.54) is 24.6 Å². The van der Waals surface area contributed by atoms with Crippen LogP contribution in [0.15, 0.2) is 45.6 Å². The van der Waals surface area contributed by atoms with Gasteiger partial charge in [0, 0.05) is 17.8 Å². The zero-order valence-electron chi connectivity index (χ0n) is 19.3. The SMILES string of the molecule is CCOC(=O)C1=C(C)N=C2SC=C(CC(=O)NCC3CC3)N2[C@@H]1c1cc(OC)ccc1OC. The van der Waals surface area contributed by atoms with E-state index in [-0.39, 0.29) is 18.9 Å². The van der Waals surface area contributed by atoms with Crippen molar-refractivity contribution in [3.63, 3.8) is 0 Å². The number of benzene rings is 1. The number of allylic oxidation sites excluding steroid dienone is 1. The smallest absolute Gasteiger partial charge is 0.338 e. The van der Waals surface area contributed by atoms with E-state index >= 15 is 0 Å². The van der Waals surface area contributed by atoms with Crippen molar-refractivity contribution in [3.05, 3.63) is 46.1 Å². The number of amidine groups is 1. The number of thioether (sulfide) groups is 1. The van der Waals surface area contributed by atoms with Crippen LogP contribution in [0.1, 0.15) is 44.7 Å². The fourth-order valence-electron chi connectivity index (χ4n) is 3.99. The lowest BCUT2D eigenvalue weighted by molar-refractivity contribution is -0.139. The van der Waals surface area contributed by atoms with Gasteiger partial charge in [-0.05, 0) is 56.2 Å². The van der Waals surface area contributed by atoms with Crippen LogP contribution in [0.25, 0.3) is 0 Å². The Morgan fingerprint density at radius 1 is 1.24 bits per heavy atom. The molecule has 1 aromatic rings. The van der Waals surface area contributed by atoms with Gasteiger partial charge in [-0.15, -0.1) is 0 Å². The van der Waals surface area contributed by atoms with Crippen molar-refractivity contribution in [2.75, 3.05) is 27.4 Å². The highest BCUT2D eigenvalue weighted by Gasteiger charge is 2.42. The topological polar surface area (TPSA) is 89.5 Å². The first-order valence-corrected chi connectivity index (χ1v) is 11.9. The van der Waals surface area contributed by atoms with Crippen LogP contribution in [0, 0.1) is 5.92 Å². The third kappa shape index (κ3) is 4.88. The Morgan fingerprint density at radius 2 is 2.03 bits per heavy atom. The summed E-state index contributed by atoms with van der Waals surface area (Å²) in [7, 11) is 3.18. The predicted molar refractivity (Wildman–Crippen MR) is 127 cm³/mol. The number of methoxy groups -OCH3 is 2. The molecule has 0 aromatic heterocycles. The summed E-state index contributed by atoms with van der Waals surface area (Å²) in [6, 6.07) is 4.90. The van der Waals surface area contributed by atoms with E-state index in [0.717, 1.165) is 11.3 Å². The highest BCUT2D eigenvalue weighted by Crippen LogP contribution is 2.47. The Morgan fingerprint density at radius 3 is 2.70 bits per heavy atom. The van der Waals surface area contributed by atoms with Crippen LogP contribution in [0.4, 0.5) is 0 Å². The molecule has 0 spiro atoms. The third-order valence-electron chi connectivity index (χ3n) is 5.85. The van der Waals surface area contributed by atoms with Crippen LogP contribution in [-0.4, -0.2) is 49.3 Å². The van der Waals surface area contributed by atoms with E-state index in [1.807, 2.05) is 28.5 Å². The molecule has 176 valence electrons. The molecule has 3 aliphatic rings. The quantitative estimate of drug-likeness (QED) is 0.549. The van der Waals surface area contributed by atoms with Crippen LogP contribution in [-0.2, 0) is 14.3 Å². The van der Waals surface area contributed by atoms with E-state index in [4.69, 9.17) is 14.2 Å². The van der Waals surface area contributed by atoms with Crippen molar-refractivity contribution < 1.29 is 23.8 Å². The van der Waals surface area contributed by atoms with Crippen LogP contribution < -0.4 is 14.8 Å². The number of fused-ring (bicyclic) bond motifs is 1. The molecule has 33 heavy (non-hydrogen) atoms. The Bertz CT molecular complexity index is 1040. The summed E-state index contributed by atoms with van der Waals surface area (Å²) in [5.41, 5.74) is 2.50. The summed E-state index contributed by atoms with van der Waals surface area (Å²) in [6.45, 7) is 4.53. The Labute approximate surface area is 198 Å². The number of hydrogen-bond acceptors (Lipinski definition) is 8. The average molecular weight is 472 g/mol. The summed E-state index contributed by atoms with van der Waals surface area (Å²) in [4.78, 5) is 32.4. The Hall–Kier alpha value is -2.94. The minimum atomic E-state index is -0.570. The van der Waals surface area contributed by atoms with E-state index in [0.29, 0.717) is 40.4 Å². The molecule has 1 N–H and O–H groups in total. The summed E-state index contributed by atoms with van der Waals surface area (Å²) in [5, 5.41) is 5.66. The molecule has 1 atom stereocenters. The molecular formula is C24H29N3O5S. The van der Waals surface area contributed by atoms with Gasteiger partial charge < -0.3 is 24.4 Å². The van der Waals surface area contributed by atoms with Crippen LogP contribution in [0.3, 0.4) is 0 Å². The second kappa shape index (κ2) is 9.91. The fraction of sp³-hybridized carbons (Fsp3) is 0.458. The summed E-state index contributed by atoms with van der Waals surface area (Å²) < 4.78 is 16.5. The third-order valence-corrected chi connectivity index (χ3v) is 6.74. The van der Waals surface area contributed by atoms with Crippen LogP contribution >= 0.6 is 11.8 Å². The number of amides is 1. The zero-order chi connectivity index (χ0) is 23.5. The largest absolute Gasteiger partial charge is 0.497 e. The molecule has 1 fully saturated rings. The lowest BCUT2D eigenvalue weighted by Gasteiger charge is -2.36. The van der Waals surface area contributed by atoms with Crippen molar-refractivity contribution in [1.82, 2.24) is 10.2 Å². The standard InChI is InChI=1S/C24H29N3O5S/c1-5-32-23(29)21-14(2)26-24-27(16(13-33-24)10-20(28)25-12-15-6-7-15)22(21)18-11-17(30-3)8-9-19(18)31-4/h8-9,11,13,15,22H,5-7,10,12H2,1-4H3,(H,25,28)/t22-/m1/s1. The molecule has 0 radical (unpaired) electrons. The molecule has 2 aliphatic heterocycles. The lowest BCUT2D eigenvalue weighted by Crippen LogP contribution is -2.38. The molecule has 1 amide bonds. The molecule has 1 saturated carbocycles. The number of carbonyl (C=O) groups is 2. The fourth-order valence-corrected chi connectivity index (χ4v) is 4.96. The highest BCUT2D eigenvalue weighted by atomic mass is 32.2. The van der Waals surface area contributed by atoms with Crippen LogP contribution in [0.2, 0.25) is 0 Å². The van der Waals surface area contributed by atoms with Crippen LogP contribution in [0.5, 0.6) is 11.5 Å². The van der Waals surface area contributed by atoms with Gasteiger partial charge in [0.15, 0.2) is 5.17 Å². The predicted octanol–water partition coefficient (Wildman–Crippen LogP) is 3.76. The number of carbonyl (C=O) groups excluding carboxylic acids is 2. The van der Waals surface area contributed by atoms with E-state index in [1.54, 1.807) is 28.1 Å². The zero-order valence-corrected chi connectivity index (χ0v) is 20.2. The van der Waals surface area contributed by atoms with Gasteiger partial charge in [-0.2, -0.15) is 0 Å². The molecule has 0 bridgehead atoms. The second-order valence-corrected chi connectivity index (χ2v) is 8.98. The number of hydrogen-bond donors (Lipinski definition) is 1. The molecule has 1 aromatic carbocycles. The van der Waals surface area contributed by atoms with Gasteiger partial charge in [0.25, 0.3) is 0 Å². The molecule has 1 aliphatic carbocycles. The Balaban J connectivity index is 1.74. The van der Waals surface area contributed by atoms with E-state index < -0.39 is 12.0 Å². The van der Waals surface area contributed by atoms with Gasteiger partial charge in [-0.3, -0.25) is 4.79 Å². The van der Waals surface area contributed by atoms with Crippen molar-refractivity contribution in [3.8, 4) is 11.5 Å². The first-order chi connectivity index (χ1) is 16.0. The van der Waals surface area contributed by atoms with Gasteiger partial charge in [0.05, 0.1) is 44.6 Å². The minimum absolute atomic E-state index is 0.0460. The van der Waals surface area contributed by atoms with Gasteiger partial charge in [-0.25, -0.2) is 9.79 Å². The monoisotopic (exact) mass is 471 g/mol. The summed E-state index contributed by atoms with van der Waals surface area (Å²) in [5.74, 6) is 1.35. The number of esters is 1. The van der Waals surface area contributed by atoms with Gasteiger partial charge in [0.2, 0.25) is 5.91 Å². The van der Waals surface area contributed by atoms with Gasteiger partial charge in [0.1, 0.15) is 11.5 Å².